The van der Waals surface area contributed by atoms with Crippen molar-refractivity contribution < 1.29 is 9.84 Å². The van der Waals surface area contributed by atoms with E-state index >= 15 is 0 Å². The molecule has 0 saturated heterocycles. The molecular formula is C9H19NO2. The molecule has 2 N–H and O–H groups in total. The predicted molar refractivity (Wildman–Crippen MR) is 48.1 cm³/mol. The van der Waals surface area contributed by atoms with Gasteiger partial charge in [-0.05, 0) is 19.9 Å². The van der Waals surface area contributed by atoms with Gasteiger partial charge in [0.2, 0.25) is 0 Å². The monoisotopic (exact) mass is 173 g/mol. The molecule has 3 nitrogen and oxygen atoms in total. The molecule has 0 bridgehead atoms. The highest BCUT2D eigenvalue weighted by atomic mass is 16.5. The van der Waals surface area contributed by atoms with Gasteiger partial charge in [0.1, 0.15) is 5.60 Å². The van der Waals surface area contributed by atoms with Crippen molar-refractivity contribution in [2.45, 2.75) is 37.4 Å². The van der Waals surface area contributed by atoms with E-state index in [4.69, 9.17) is 4.74 Å². The SMILES string of the molecule is CNCC1(O)CCCCC1OC. The number of hydrogen-bond donors (Lipinski definition) is 2. The largest absolute Gasteiger partial charge is 0.386 e. The molecule has 3 heteroatoms. The van der Waals surface area contributed by atoms with E-state index in [0.29, 0.717) is 6.54 Å². The van der Waals surface area contributed by atoms with Gasteiger partial charge in [0, 0.05) is 13.7 Å². The van der Waals surface area contributed by atoms with E-state index in [9.17, 15) is 5.11 Å². The summed E-state index contributed by atoms with van der Waals surface area (Å²) in [6.07, 6.45) is 4.13. The Bertz CT molecular complexity index is 136. The Kier molecular flexibility index (Phi) is 3.50. The smallest absolute Gasteiger partial charge is 0.103 e. The van der Waals surface area contributed by atoms with Crippen LogP contribution in [-0.4, -0.2) is 37.5 Å². The Morgan fingerprint density at radius 1 is 1.58 bits per heavy atom. The average molecular weight is 173 g/mol. The summed E-state index contributed by atoms with van der Waals surface area (Å²) >= 11 is 0. The first-order valence-corrected chi connectivity index (χ1v) is 4.63. The van der Waals surface area contributed by atoms with Crippen molar-refractivity contribution in [3.63, 3.8) is 0 Å². The summed E-state index contributed by atoms with van der Waals surface area (Å²) in [5, 5.41) is 13.2. The fourth-order valence-electron chi connectivity index (χ4n) is 2.04. The highest BCUT2D eigenvalue weighted by Crippen LogP contribution is 2.29. The van der Waals surface area contributed by atoms with E-state index in [1.807, 2.05) is 7.05 Å². The number of aliphatic hydroxyl groups is 1. The van der Waals surface area contributed by atoms with Gasteiger partial charge in [0.15, 0.2) is 0 Å². The number of ether oxygens (including phenoxy) is 1. The van der Waals surface area contributed by atoms with Gasteiger partial charge >= 0.3 is 0 Å². The van der Waals surface area contributed by atoms with Crippen LogP contribution in [0.3, 0.4) is 0 Å². The van der Waals surface area contributed by atoms with Crippen LogP contribution in [0, 0.1) is 0 Å². The average Bonchev–Trinajstić information content (AvgIpc) is 2.05. The third-order valence-electron chi connectivity index (χ3n) is 2.69. The highest BCUT2D eigenvalue weighted by molar-refractivity contribution is 4.92. The number of nitrogens with one attached hydrogen (secondary N) is 1. The number of likely N-dealkylation sites (N-methyl/N-ethyl adjacent to an activating group) is 1. The minimum Gasteiger partial charge on any atom is -0.386 e. The van der Waals surface area contributed by atoms with Crippen molar-refractivity contribution in [2.75, 3.05) is 20.7 Å². The summed E-state index contributed by atoms with van der Waals surface area (Å²) in [6.45, 7) is 0.630. The predicted octanol–water partition coefficient (Wildman–Crippen LogP) is 0.526. The molecule has 0 aliphatic heterocycles. The summed E-state index contributed by atoms with van der Waals surface area (Å²) in [7, 11) is 3.54. The van der Waals surface area contributed by atoms with Crippen LogP contribution >= 0.6 is 0 Å². The van der Waals surface area contributed by atoms with Crippen molar-refractivity contribution in [3.05, 3.63) is 0 Å². The molecule has 1 fully saturated rings. The van der Waals surface area contributed by atoms with Gasteiger partial charge < -0.3 is 15.2 Å². The summed E-state index contributed by atoms with van der Waals surface area (Å²) in [6, 6.07) is 0. The topological polar surface area (TPSA) is 41.5 Å². The van der Waals surface area contributed by atoms with Crippen LogP contribution in [0.2, 0.25) is 0 Å². The Labute approximate surface area is 74.1 Å². The minimum atomic E-state index is -0.637. The van der Waals surface area contributed by atoms with E-state index in [2.05, 4.69) is 5.32 Å². The van der Waals surface area contributed by atoms with Crippen LogP contribution in [0.15, 0.2) is 0 Å². The number of rotatable bonds is 3. The highest BCUT2D eigenvalue weighted by Gasteiger charge is 2.38. The second-order valence-corrected chi connectivity index (χ2v) is 3.60. The Hall–Kier alpha value is -0.120. The summed E-state index contributed by atoms with van der Waals surface area (Å²) < 4.78 is 5.27. The van der Waals surface area contributed by atoms with Gasteiger partial charge in [-0.25, -0.2) is 0 Å². The second-order valence-electron chi connectivity index (χ2n) is 3.60. The standard InChI is InChI=1S/C9H19NO2/c1-10-7-9(11)6-4-3-5-8(9)12-2/h8,10-11H,3-7H2,1-2H3. The number of hydrogen-bond acceptors (Lipinski definition) is 3. The third-order valence-corrected chi connectivity index (χ3v) is 2.69. The molecule has 0 aromatic rings. The van der Waals surface area contributed by atoms with Crippen molar-refractivity contribution in [3.8, 4) is 0 Å². The van der Waals surface area contributed by atoms with Gasteiger partial charge in [-0.1, -0.05) is 12.8 Å². The van der Waals surface area contributed by atoms with E-state index in [1.165, 1.54) is 6.42 Å². The summed E-state index contributed by atoms with van der Waals surface area (Å²) in [4.78, 5) is 0. The molecule has 0 aromatic heterocycles. The molecule has 0 amide bonds. The van der Waals surface area contributed by atoms with Crippen LogP contribution in [0.4, 0.5) is 0 Å². The molecule has 0 radical (unpaired) electrons. The maximum absolute atomic E-state index is 10.1. The zero-order valence-electron chi connectivity index (χ0n) is 7.97. The molecule has 0 heterocycles. The van der Waals surface area contributed by atoms with Crippen LogP contribution in [-0.2, 0) is 4.74 Å². The van der Waals surface area contributed by atoms with Crippen molar-refractivity contribution in [1.29, 1.82) is 0 Å². The molecule has 0 spiro atoms. The van der Waals surface area contributed by atoms with E-state index in [-0.39, 0.29) is 6.10 Å². The van der Waals surface area contributed by atoms with Gasteiger partial charge in [-0.2, -0.15) is 0 Å². The molecular weight excluding hydrogens is 154 g/mol. The van der Waals surface area contributed by atoms with Gasteiger partial charge in [0.05, 0.1) is 6.10 Å². The molecule has 72 valence electrons. The lowest BCUT2D eigenvalue weighted by Gasteiger charge is -2.38. The Morgan fingerprint density at radius 3 is 2.92 bits per heavy atom. The lowest BCUT2D eigenvalue weighted by molar-refractivity contribution is -0.113. The van der Waals surface area contributed by atoms with Crippen molar-refractivity contribution in [1.82, 2.24) is 5.32 Å². The van der Waals surface area contributed by atoms with Crippen LogP contribution < -0.4 is 5.32 Å². The maximum atomic E-state index is 10.1. The molecule has 1 rings (SSSR count). The normalized spacial score (nSPS) is 36.8. The fourth-order valence-corrected chi connectivity index (χ4v) is 2.04. The maximum Gasteiger partial charge on any atom is 0.103 e. The number of methoxy groups -OCH3 is 1. The first-order valence-electron chi connectivity index (χ1n) is 4.63. The molecule has 1 aliphatic carbocycles. The third kappa shape index (κ3) is 1.97. The van der Waals surface area contributed by atoms with Crippen LogP contribution in [0.5, 0.6) is 0 Å². The lowest BCUT2D eigenvalue weighted by atomic mass is 9.82. The fraction of sp³-hybridized carbons (Fsp3) is 1.00. The minimum absolute atomic E-state index is 0.0127. The van der Waals surface area contributed by atoms with Gasteiger partial charge in [-0.15, -0.1) is 0 Å². The molecule has 12 heavy (non-hydrogen) atoms. The van der Waals surface area contributed by atoms with Crippen molar-refractivity contribution in [2.24, 2.45) is 0 Å². The molecule has 1 aliphatic rings. The summed E-state index contributed by atoms with van der Waals surface area (Å²) in [5.74, 6) is 0. The molecule has 2 unspecified atom stereocenters. The van der Waals surface area contributed by atoms with Gasteiger partial charge in [0.25, 0.3) is 0 Å². The molecule has 1 saturated carbocycles. The zero-order chi connectivity index (χ0) is 9.03. The Morgan fingerprint density at radius 2 is 2.33 bits per heavy atom. The van der Waals surface area contributed by atoms with Gasteiger partial charge in [-0.3, -0.25) is 0 Å². The van der Waals surface area contributed by atoms with E-state index < -0.39 is 5.60 Å². The first kappa shape index (κ1) is 9.96. The lowest BCUT2D eigenvalue weighted by Crippen LogP contribution is -2.52. The van der Waals surface area contributed by atoms with Crippen LogP contribution in [0.1, 0.15) is 25.7 Å². The van der Waals surface area contributed by atoms with E-state index in [0.717, 1.165) is 19.3 Å². The Balaban J connectivity index is 2.55. The second kappa shape index (κ2) is 4.21. The van der Waals surface area contributed by atoms with Crippen molar-refractivity contribution >= 4 is 0 Å². The van der Waals surface area contributed by atoms with E-state index in [1.54, 1.807) is 7.11 Å². The first-order chi connectivity index (χ1) is 5.73. The quantitative estimate of drug-likeness (QED) is 0.654. The molecule has 2 atom stereocenters. The summed E-state index contributed by atoms with van der Waals surface area (Å²) in [5.41, 5.74) is -0.637. The molecule has 0 aromatic carbocycles. The van der Waals surface area contributed by atoms with Crippen LogP contribution in [0.25, 0.3) is 0 Å². The zero-order valence-corrected chi connectivity index (χ0v) is 7.97.